The number of piperidine rings is 1. The van der Waals surface area contributed by atoms with Crippen molar-refractivity contribution in [3.05, 3.63) is 48.3 Å². The number of anilines is 1. The molecule has 0 aliphatic carbocycles. The zero-order valence-electron chi connectivity index (χ0n) is 16.7. The largest absolute Gasteiger partial charge is 0.356 e. The lowest BCUT2D eigenvalue weighted by Crippen LogP contribution is -2.43. The van der Waals surface area contributed by atoms with E-state index in [2.05, 4.69) is 10.3 Å². The molecular formula is C21H26N4O4S. The molecule has 2 aromatic rings. The lowest BCUT2D eigenvalue weighted by atomic mass is 9.99. The molecule has 2 saturated heterocycles. The van der Waals surface area contributed by atoms with Crippen LogP contribution in [0.15, 0.2) is 47.5 Å². The van der Waals surface area contributed by atoms with E-state index in [0.29, 0.717) is 38.2 Å². The van der Waals surface area contributed by atoms with Crippen molar-refractivity contribution in [3.8, 4) is 0 Å². The maximum atomic E-state index is 13.1. The first-order valence-electron chi connectivity index (χ1n) is 10.3. The van der Waals surface area contributed by atoms with Gasteiger partial charge in [0.15, 0.2) is 0 Å². The number of para-hydroxylation sites is 1. The molecule has 2 amide bonds. The summed E-state index contributed by atoms with van der Waals surface area (Å²) in [5.74, 6) is -0.772. The molecule has 4 rings (SSSR count). The average molecular weight is 431 g/mol. The Kier molecular flexibility index (Phi) is 5.92. The Morgan fingerprint density at radius 3 is 2.50 bits per heavy atom. The Morgan fingerprint density at radius 1 is 1.03 bits per heavy atom. The topological polar surface area (TPSA) is 103 Å². The van der Waals surface area contributed by atoms with Crippen molar-refractivity contribution < 1.29 is 18.0 Å². The minimum Gasteiger partial charge on any atom is -0.356 e. The first-order chi connectivity index (χ1) is 14.4. The van der Waals surface area contributed by atoms with Crippen molar-refractivity contribution >= 4 is 27.5 Å². The lowest BCUT2D eigenvalue weighted by Gasteiger charge is -2.30. The molecule has 2 aliphatic heterocycles. The number of rotatable bonds is 5. The van der Waals surface area contributed by atoms with Gasteiger partial charge in [-0.2, -0.15) is 4.31 Å². The summed E-state index contributed by atoms with van der Waals surface area (Å²) in [7, 11) is -3.79. The van der Waals surface area contributed by atoms with Crippen LogP contribution in [-0.4, -0.2) is 60.6 Å². The molecule has 3 heterocycles. The molecular weight excluding hydrogens is 404 g/mol. The molecule has 160 valence electrons. The molecule has 0 radical (unpaired) electrons. The molecule has 2 aliphatic rings. The molecule has 9 heteroatoms. The number of carbonyl (C=O) groups is 2. The van der Waals surface area contributed by atoms with E-state index < -0.39 is 15.9 Å². The average Bonchev–Trinajstić information content (AvgIpc) is 3.47. The van der Waals surface area contributed by atoms with Gasteiger partial charge < -0.3 is 15.2 Å². The highest BCUT2D eigenvalue weighted by molar-refractivity contribution is 7.89. The van der Waals surface area contributed by atoms with Crippen molar-refractivity contribution in [2.24, 2.45) is 5.92 Å². The summed E-state index contributed by atoms with van der Waals surface area (Å²) in [6.45, 7) is 1.88. The molecule has 1 atom stereocenters. The van der Waals surface area contributed by atoms with Gasteiger partial charge in [-0.3, -0.25) is 9.59 Å². The highest BCUT2D eigenvalue weighted by atomic mass is 32.2. The number of amides is 2. The fraction of sp³-hybridized carbons (Fsp3) is 0.429. The van der Waals surface area contributed by atoms with Crippen LogP contribution in [0.5, 0.6) is 0 Å². The molecule has 0 unspecified atom stereocenters. The predicted molar refractivity (Wildman–Crippen MR) is 112 cm³/mol. The van der Waals surface area contributed by atoms with Crippen LogP contribution in [0.1, 0.15) is 36.2 Å². The van der Waals surface area contributed by atoms with Crippen molar-refractivity contribution in [3.63, 3.8) is 0 Å². The second-order valence-corrected chi connectivity index (χ2v) is 9.74. The van der Waals surface area contributed by atoms with Gasteiger partial charge in [-0.05, 0) is 43.9 Å². The van der Waals surface area contributed by atoms with E-state index in [9.17, 15) is 18.0 Å². The van der Waals surface area contributed by atoms with E-state index >= 15 is 0 Å². The normalized spacial score (nSPS) is 20.3. The Balaban J connectivity index is 1.45. The molecule has 0 saturated carbocycles. The van der Waals surface area contributed by atoms with Crippen LogP contribution in [-0.2, 0) is 14.8 Å². The zero-order valence-corrected chi connectivity index (χ0v) is 17.5. The van der Waals surface area contributed by atoms with Crippen molar-refractivity contribution in [1.29, 1.82) is 0 Å². The Bertz CT molecular complexity index is 1010. The number of likely N-dealkylation sites (tertiary alicyclic amines) is 1. The quantitative estimate of drug-likeness (QED) is 0.760. The summed E-state index contributed by atoms with van der Waals surface area (Å²) in [5, 5.41) is 2.86. The number of hydrogen-bond acceptors (Lipinski definition) is 4. The Hall–Kier alpha value is -2.65. The minimum absolute atomic E-state index is 0.0640. The third kappa shape index (κ3) is 4.27. The molecule has 2 fully saturated rings. The Morgan fingerprint density at radius 2 is 1.77 bits per heavy atom. The maximum absolute atomic E-state index is 13.1. The van der Waals surface area contributed by atoms with Gasteiger partial charge in [0, 0.05) is 38.1 Å². The maximum Gasteiger partial charge on any atom is 0.270 e. The van der Waals surface area contributed by atoms with E-state index in [0.717, 1.165) is 12.8 Å². The van der Waals surface area contributed by atoms with Crippen LogP contribution in [0.3, 0.4) is 0 Å². The molecule has 1 aromatic carbocycles. The van der Waals surface area contributed by atoms with Crippen LogP contribution in [0.2, 0.25) is 0 Å². The second-order valence-electron chi connectivity index (χ2n) is 7.81. The van der Waals surface area contributed by atoms with Gasteiger partial charge in [0.25, 0.3) is 5.91 Å². The molecule has 2 N–H and O–H groups in total. The summed E-state index contributed by atoms with van der Waals surface area (Å²) in [6, 6.07) is 10.5. The van der Waals surface area contributed by atoms with Crippen molar-refractivity contribution in [2.75, 3.05) is 31.5 Å². The van der Waals surface area contributed by atoms with Crippen LogP contribution >= 0.6 is 0 Å². The van der Waals surface area contributed by atoms with Gasteiger partial charge in [0.05, 0.1) is 5.92 Å². The number of carbonyl (C=O) groups excluding carboxylic acids is 2. The number of nitrogens with one attached hydrogen (secondary N) is 2. The molecule has 0 spiro atoms. The second kappa shape index (κ2) is 8.61. The smallest absolute Gasteiger partial charge is 0.270 e. The number of hydrogen-bond donors (Lipinski definition) is 2. The first kappa shape index (κ1) is 20.6. The van der Waals surface area contributed by atoms with E-state index in [1.165, 1.54) is 16.6 Å². The van der Waals surface area contributed by atoms with Gasteiger partial charge in [-0.15, -0.1) is 0 Å². The number of sulfonamides is 1. The predicted octanol–water partition coefficient (Wildman–Crippen LogP) is 2.29. The van der Waals surface area contributed by atoms with E-state index in [1.54, 1.807) is 17.0 Å². The first-order valence-corrected chi connectivity index (χ1v) is 11.7. The third-order valence-corrected chi connectivity index (χ3v) is 7.56. The summed E-state index contributed by atoms with van der Waals surface area (Å²) >= 11 is 0. The Labute approximate surface area is 176 Å². The third-order valence-electron chi connectivity index (χ3n) is 5.71. The molecule has 1 aromatic heterocycles. The van der Waals surface area contributed by atoms with Gasteiger partial charge in [0.1, 0.15) is 10.6 Å². The number of nitrogens with zero attached hydrogens (tertiary/aromatic N) is 2. The molecule has 0 bridgehead atoms. The SMILES string of the molecule is O=C(Nc1ccccc1)[C@H]1CCCN(S(=O)(=O)c2c[nH]c(C(=O)N3CCCC3)c2)C1. The van der Waals surface area contributed by atoms with E-state index in [4.69, 9.17) is 0 Å². The highest BCUT2D eigenvalue weighted by Crippen LogP contribution is 2.26. The lowest BCUT2D eigenvalue weighted by molar-refractivity contribution is -0.120. The minimum atomic E-state index is -3.79. The van der Waals surface area contributed by atoms with Crippen molar-refractivity contribution in [2.45, 2.75) is 30.6 Å². The van der Waals surface area contributed by atoms with Crippen LogP contribution < -0.4 is 5.32 Å². The fourth-order valence-corrected chi connectivity index (χ4v) is 5.55. The highest BCUT2D eigenvalue weighted by Gasteiger charge is 2.34. The summed E-state index contributed by atoms with van der Waals surface area (Å²) in [4.78, 5) is 29.8. The summed E-state index contributed by atoms with van der Waals surface area (Å²) in [6.07, 6.45) is 4.55. The van der Waals surface area contributed by atoms with Gasteiger partial charge in [0.2, 0.25) is 15.9 Å². The van der Waals surface area contributed by atoms with E-state index in [1.807, 2.05) is 18.2 Å². The van der Waals surface area contributed by atoms with Crippen LogP contribution in [0, 0.1) is 5.92 Å². The van der Waals surface area contributed by atoms with Gasteiger partial charge in [-0.1, -0.05) is 18.2 Å². The fourth-order valence-electron chi connectivity index (χ4n) is 4.03. The van der Waals surface area contributed by atoms with Crippen LogP contribution in [0.4, 0.5) is 5.69 Å². The summed E-state index contributed by atoms with van der Waals surface area (Å²) < 4.78 is 27.6. The van der Waals surface area contributed by atoms with Gasteiger partial charge >= 0.3 is 0 Å². The number of benzene rings is 1. The van der Waals surface area contributed by atoms with Crippen molar-refractivity contribution in [1.82, 2.24) is 14.2 Å². The molecule has 30 heavy (non-hydrogen) atoms. The number of H-pyrrole nitrogens is 1. The van der Waals surface area contributed by atoms with Crippen LogP contribution in [0.25, 0.3) is 0 Å². The van der Waals surface area contributed by atoms with Gasteiger partial charge in [-0.25, -0.2) is 8.42 Å². The monoisotopic (exact) mass is 430 g/mol. The number of aromatic nitrogens is 1. The molecule has 8 nitrogen and oxygen atoms in total. The standard InChI is InChI=1S/C21H26N4O4S/c26-20(23-17-8-2-1-3-9-17)16-7-6-12-25(15-16)30(28,29)18-13-19(22-14-18)21(27)24-10-4-5-11-24/h1-3,8-9,13-14,16,22H,4-7,10-12,15H2,(H,23,26)/t16-/m0/s1. The zero-order chi connectivity index (χ0) is 21.1. The van der Waals surface area contributed by atoms with E-state index in [-0.39, 0.29) is 28.9 Å². The number of aromatic amines is 1. The summed E-state index contributed by atoms with van der Waals surface area (Å²) in [5.41, 5.74) is 0.976.